The van der Waals surface area contributed by atoms with Gasteiger partial charge in [-0.2, -0.15) is 0 Å². The highest BCUT2D eigenvalue weighted by atomic mass is 19.1. The van der Waals surface area contributed by atoms with Crippen LogP contribution >= 0.6 is 0 Å². The minimum absolute atomic E-state index is 0.103. The highest BCUT2D eigenvalue weighted by molar-refractivity contribution is 5.91. The molecule has 2 atom stereocenters. The van der Waals surface area contributed by atoms with Gasteiger partial charge >= 0.3 is 0 Å². The number of amides is 1. The molecule has 2 aromatic rings. The highest BCUT2D eigenvalue weighted by Crippen LogP contribution is 2.25. The molecular weight excluding hydrogens is 413 g/mol. The zero-order valence-corrected chi connectivity index (χ0v) is 17.9. The largest absolute Gasteiger partial charge is 0.453 e. The van der Waals surface area contributed by atoms with E-state index in [0.29, 0.717) is 37.0 Å². The third-order valence-electron chi connectivity index (χ3n) is 5.75. The number of hydrogen-bond donors (Lipinski definition) is 1. The van der Waals surface area contributed by atoms with Gasteiger partial charge in [-0.05, 0) is 42.3 Å². The molecule has 2 unspecified atom stereocenters. The highest BCUT2D eigenvalue weighted by Gasteiger charge is 2.31. The molecule has 32 heavy (non-hydrogen) atoms. The van der Waals surface area contributed by atoms with Crippen molar-refractivity contribution in [3.63, 3.8) is 0 Å². The number of carbonyl (C=O) groups is 1. The quantitative estimate of drug-likeness (QED) is 0.635. The van der Waals surface area contributed by atoms with Crippen molar-refractivity contribution in [1.29, 1.82) is 0 Å². The number of ether oxygens (including phenoxy) is 3. The number of carbonyl (C=O) groups excluding carboxylic acids is 1. The second-order valence-electron chi connectivity index (χ2n) is 7.90. The van der Waals surface area contributed by atoms with Crippen LogP contribution in [0.1, 0.15) is 12.0 Å². The van der Waals surface area contributed by atoms with Gasteiger partial charge in [-0.15, -0.1) is 0 Å². The van der Waals surface area contributed by atoms with Crippen molar-refractivity contribution in [2.24, 2.45) is 5.92 Å². The van der Waals surface area contributed by atoms with Crippen molar-refractivity contribution in [1.82, 2.24) is 15.2 Å². The second kappa shape index (κ2) is 11.2. The number of morpholine rings is 1. The van der Waals surface area contributed by atoms with Crippen LogP contribution in [0.25, 0.3) is 6.08 Å². The third kappa shape index (κ3) is 6.12. The molecule has 8 heteroatoms. The molecule has 2 fully saturated rings. The summed E-state index contributed by atoms with van der Waals surface area (Å²) in [5, 5.41) is 3.00. The number of benzene rings is 1. The fraction of sp³-hybridized carbons (Fsp3) is 0.417. The zero-order chi connectivity index (χ0) is 22.2. The van der Waals surface area contributed by atoms with Gasteiger partial charge in [0.05, 0.1) is 26.0 Å². The number of nitrogens with zero attached hydrogens (tertiary/aromatic N) is 2. The first-order chi connectivity index (χ1) is 15.7. The molecule has 0 aliphatic carbocycles. The number of hydrogen-bond acceptors (Lipinski definition) is 6. The van der Waals surface area contributed by atoms with E-state index in [1.165, 1.54) is 24.4 Å². The Kier molecular flexibility index (Phi) is 7.82. The molecule has 170 valence electrons. The van der Waals surface area contributed by atoms with Crippen molar-refractivity contribution < 1.29 is 23.4 Å². The molecule has 7 nitrogen and oxygen atoms in total. The molecule has 1 amide bonds. The molecule has 0 spiro atoms. The van der Waals surface area contributed by atoms with Crippen LogP contribution in [-0.4, -0.2) is 67.9 Å². The Morgan fingerprint density at radius 3 is 2.88 bits per heavy atom. The van der Waals surface area contributed by atoms with Crippen LogP contribution in [0.15, 0.2) is 48.8 Å². The van der Waals surface area contributed by atoms with E-state index < -0.39 is 5.82 Å². The minimum Gasteiger partial charge on any atom is -0.453 e. The lowest BCUT2D eigenvalue weighted by Crippen LogP contribution is -2.52. The van der Waals surface area contributed by atoms with Gasteiger partial charge < -0.3 is 19.5 Å². The summed E-state index contributed by atoms with van der Waals surface area (Å²) < 4.78 is 30.9. The van der Waals surface area contributed by atoms with E-state index in [2.05, 4.69) is 15.2 Å². The molecule has 0 saturated carbocycles. The van der Waals surface area contributed by atoms with E-state index >= 15 is 0 Å². The fourth-order valence-electron chi connectivity index (χ4n) is 4.03. The van der Waals surface area contributed by atoms with Crippen LogP contribution in [0.4, 0.5) is 4.39 Å². The summed E-state index contributed by atoms with van der Waals surface area (Å²) in [6.07, 6.45) is 7.15. The number of rotatable bonds is 8. The lowest BCUT2D eigenvalue weighted by molar-refractivity contribution is -0.116. The summed E-state index contributed by atoms with van der Waals surface area (Å²) in [4.78, 5) is 18.7. The van der Waals surface area contributed by atoms with E-state index in [-0.39, 0.29) is 17.7 Å². The number of aromatic nitrogens is 1. The normalized spacial score (nSPS) is 20.3. The standard InChI is InChI=1S/C24H28FN3O4/c25-21-14-18(3-5-23(21)32-20-2-1-8-26-15-20)4-6-24(29)27-16-22(19-7-11-31-17-19)28-9-12-30-13-10-28/h1-6,8,14-15,19,22H,7,9-13,16-17H2,(H,27,29)/b6-4+. The van der Waals surface area contributed by atoms with E-state index in [4.69, 9.17) is 14.2 Å². The summed E-state index contributed by atoms with van der Waals surface area (Å²) in [7, 11) is 0. The second-order valence-corrected chi connectivity index (χ2v) is 7.90. The predicted molar refractivity (Wildman–Crippen MR) is 118 cm³/mol. The Labute approximate surface area is 187 Å². The number of nitrogens with one attached hydrogen (secondary N) is 1. The molecule has 2 aliphatic rings. The average molecular weight is 442 g/mol. The Morgan fingerprint density at radius 1 is 1.28 bits per heavy atom. The molecule has 2 saturated heterocycles. The molecule has 2 aliphatic heterocycles. The van der Waals surface area contributed by atoms with Crippen LogP contribution in [-0.2, 0) is 14.3 Å². The lowest BCUT2D eigenvalue weighted by atomic mass is 9.97. The van der Waals surface area contributed by atoms with Crippen molar-refractivity contribution in [3.05, 3.63) is 60.2 Å². The summed E-state index contributed by atoms with van der Waals surface area (Å²) in [6, 6.07) is 8.21. The molecule has 3 heterocycles. The monoisotopic (exact) mass is 441 g/mol. The first kappa shape index (κ1) is 22.4. The first-order valence-corrected chi connectivity index (χ1v) is 10.9. The van der Waals surface area contributed by atoms with E-state index in [1.54, 1.807) is 30.5 Å². The third-order valence-corrected chi connectivity index (χ3v) is 5.75. The zero-order valence-electron chi connectivity index (χ0n) is 17.9. The molecule has 1 N–H and O–H groups in total. The summed E-state index contributed by atoms with van der Waals surface area (Å²) in [6.45, 7) is 5.18. The van der Waals surface area contributed by atoms with Gasteiger partial charge in [-0.1, -0.05) is 6.07 Å². The van der Waals surface area contributed by atoms with Gasteiger partial charge in [-0.3, -0.25) is 14.7 Å². The van der Waals surface area contributed by atoms with Gasteiger partial charge in [0.15, 0.2) is 11.6 Å². The lowest BCUT2D eigenvalue weighted by Gasteiger charge is -2.37. The van der Waals surface area contributed by atoms with Gasteiger partial charge in [0.25, 0.3) is 0 Å². The topological polar surface area (TPSA) is 72.9 Å². The maximum Gasteiger partial charge on any atom is 0.244 e. The van der Waals surface area contributed by atoms with Crippen LogP contribution in [0.5, 0.6) is 11.5 Å². The minimum atomic E-state index is -0.509. The molecule has 1 aromatic heterocycles. The molecule has 0 radical (unpaired) electrons. The van der Waals surface area contributed by atoms with Crippen LogP contribution in [0.2, 0.25) is 0 Å². The maximum absolute atomic E-state index is 14.4. The van der Waals surface area contributed by atoms with Gasteiger partial charge in [0, 0.05) is 50.5 Å². The Morgan fingerprint density at radius 2 is 2.16 bits per heavy atom. The maximum atomic E-state index is 14.4. The molecule has 0 bridgehead atoms. The SMILES string of the molecule is O=C(/C=C/c1ccc(Oc2cccnc2)c(F)c1)NCC(C1CCOC1)N1CCOCC1. The first-order valence-electron chi connectivity index (χ1n) is 10.9. The van der Waals surface area contributed by atoms with Gasteiger partial charge in [0.1, 0.15) is 5.75 Å². The number of halogens is 1. The van der Waals surface area contributed by atoms with Crippen molar-refractivity contribution in [2.45, 2.75) is 12.5 Å². The average Bonchev–Trinajstić information content (AvgIpc) is 3.35. The Hall–Kier alpha value is -2.81. The molecule has 1 aromatic carbocycles. The van der Waals surface area contributed by atoms with Crippen LogP contribution < -0.4 is 10.1 Å². The fourth-order valence-corrected chi connectivity index (χ4v) is 4.03. The van der Waals surface area contributed by atoms with Crippen molar-refractivity contribution >= 4 is 12.0 Å². The van der Waals surface area contributed by atoms with E-state index in [9.17, 15) is 9.18 Å². The van der Waals surface area contributed by atoms with Crippen LogP contribution in [0, 0.1) is 11.7 Å². The van der Waals surface area contributed by atoms with Gasteiger partial charge in [0.2, 0.25) is 5.91 Å². The summed E-state index contributed by atoms with van der Waals surface area (Å²) in [5.41, 5.74) is 0.574. The smallest absolute Gasteiger partial charge is 0.244 e. The van der Waals surface area contributed by atoms with Gasteiger partial charge in [-0.25, -0.2) is 4.39 Å². The van der Waals surface area contributed by atoms with E-state index in [0.717, 1.165) is 32.7 Å². The van der Waals surface area contributed by atoms with Crippen molar-refractivity contribution in [2.75, 3.05) is 46.1 Å². The van der Waals surface area contributed by atoms with Crippen LogP contribution in [0.3, 0.4) is 0 Å². The van der Waals surface area contributed by atoms with Crippen molar-refractivity contribution in [3.8, 4) is 11.5 Å². The Bertz CT molecular complexity index is 913. The summed E-state index contributed by atoms with van der Waals surface area (Å²) >= 11 is 0. The predicted octanol–water partition coefficient (Wildman–Crippen LogP) is 2.88. The molecular formula is C24H28FN3O4. The molecule has 4 rings (SSSR count). The number of pyridine rings is 1. The Balaban J connectivity index is 1.32. The summed E-state index contributed by atoms with van der Waals surface area (Å²) in [5.74, 6) is 0.241. The van der Waals surface area contributed by atoms with E-state index in [1.807, 2.05) is 0 Å².